The van der Waals surface area contributed by atoms with Gasteiger partial charge in [0.2, 0.25) is 0 Å². The zero-order valence-electron chi connectivity index (χ0n) is 19.2. The third kappa shape index (κ3) is 6.30. The summed E-state index contributed by atoms with van der Waals surface area (Å²) in [5.41, 5.74) is 2.99. The first-order valence-electron chi connectivity index (χ1n) is 11.2. The number of likely N-dealkylation sites (tertiary alicyclic amines) is 1. The van der Waals surface area contributed by atoms with Crippen LogP contribution in [0.5, 0.6) is 0 Å². The van der Waals surface area contributed by atoms with Gasteiger partial charge in [0.1, 0.15) is 6.26 Å². The molecule has 2 N–H and O–H groups in total. The Hall–Kier alpha value is -4.51. The molecule has 8 heteroatoms. The fraction of sp³-hybridized carbons (Fsp3) is 0.222. The van der Waals surface area contributed by atoms with E-state index in [4.69, 9.17) is 9.15 Å². The minimum Gasteiger partial charge on any atom is -0.472 e. The van der Waals surface area contributed by atoms with Gasteiger partial charge in [0.05, 0.1) is 24.5 Å². The molecule has 35 heavy (non-hydrogen) atoms. The summed E-state index contributed by atoms with van der Waals surface area (Å²) in [5.74, 6) is 5.60. The first-order chi connectivity index (χ1) is 17.0. The topological polar surface area (TPSA) is 101 Å². The quantitative estimate of drug-likeness (QED) is 0.444. The third-order valence-corrected chi connectivity index (χ3v) is 5.64. The maximum atomic E-state index is 12.5. The average molecular weight is 472 g/mol. The molecule has 178 valence electrons. The van der Waals surface area contributed by atoms with Crippen molar-refractivity contribution in [3.8, 4) is 11.8 Å². The number of amides is 3. The molecule has 0 radical (unpaired) electrons. The van der Waals surface area contributed by atoms with Gasteiger partial charge in [0, 0.05) is 35.9 Å². The van der Waals surface area contributed by atoms with Gasteiger partial charge in [-0.15, -0.1) is 0 Å². The maximum Gasteiger partial charge on any atom is 0.337 e. The van der Waals surface area contributed by atoms with Crippen molar-refractivity contribution in [3.05, 3.63) is 89.4 Å². The van der Waals surface area contributed by atoms with Crippen LogP contribution in [0.1, 0.15) is 44.7 Å². The number of nitrogens with zero attached hydrogens (tertiary/aromatic N) is 1. The highest BCUT2D eigenvalue weighted by Gasteiger charge is 2.25. The molecule has 0 saturated carbocycles. The van der Waals surface area contributed by atoms with E-state index in [1.165, 1.54) is 19.6 Å². The van der Waals surface area contributed by atoms with Crippen molar-refractivity contribution in [2.24, 2.45) is 0 Å². The molecule has 0 unspecified atom stereocenters. The summed E-state index contributed by atoms with van der Waals surface area (Å²) < 4.78 is 9.72. The number of urea groups is 1. The van der Waals surface area contributed by atoms with Crippen molar-refractivity contribution in [2.45, 2.75) is 18.9 Å². The van der Waals surface area contributed by atoms with E-state index < -0.39 is 5.97 Å². The minimum absolute atomic E-state index is 0.0199. The van der Waals surface area contributed by atoms with Gasteiger partial charge < -0.3 is 24.7 Å². The van der Waals surface area contributed by atoms with Crippen LogP contribution in [0.3, 0.4) is 0 Å². The fourth-order valence-electron chi connectivity index (χ4n) is 3.81. The molecule has 8 nitrogen and oxygen atoms in total. The van der Waals surface area contributed by atoms with Gasteiger partial charge >= 0.3 is 12.0 Å². The molecule has 0 aliphatic carbocycles. The second-order valence-electron chi connectivity index (χ2n) is 8.08. The van der Waals surface area contributed by atoms with Crippen molar-refractivity contribution < 1.29 is 23.5 Å². The number of carbonyl (C=O) groups excluding carboxylic acids is 3. The van der Waals surface area contributed by atoms with E-state index in [9.17, 15) is 14.4 Å². The monoisotopic (exact) mass is 471 g/mol. The smallest absolute Gasteiger partial charge is 0.337 e. The maximum absolute atomic E-state index is 12.5. The van der Waals surface area contributed by atoms with Gasteiger partial charge in [-0.05, 0) is 55.3 Å². The lowest BCUT2D eigenvalue weighted by molar-refractivity contribution is 0.0600. The molecule has 0 bridgehead atoms. The zero-order valence-corrected chi connectivity index (χ0v) is 19.2. The summed E-state index contributed by atoms with van der Waals surface area (Å²) in [5, 5.41) is 5.82. The van der Waals surface area contributed by atoms with Crippen molar-refractivity contribution in [1.29, 1.82) is 0 Å². The first kappa shape index (κ1) is 23.6. The highest BCUT2D eigenvalue weighted by atomic mass is 16.5. The van der Waals surface area contributed by atoms with Crippen molar-refractivity contribution in [2.75, 3.05) is 25.5 Å². The molecule has 3 amide bonds. The lowest BCUT2D eigenvalue weighted by Crippen LogP contribution is -2.47. The normalized spacial score (nSPS) is 13.3. The molecule has 2 aromatic carbocycles. The van der Waals surface area contributed by atoms with Crippen LogP contribution in [0.4, 0.5) is 10.5 Å². The highest BCUT2D eigenvalue weighted by molar-refractivity contribution is 5.94. The highest BCUT2D eigenvalue weighted by Crippen LogP contribution is 2.15. The minimum atomic E-state index is -0.416. The molecule has 1 aromatic heterocycles. The molecule has 1 aliphatic rings. The number of benzene rings is 2. The van der Waals surface area contributed by atoms with E-state index in [-0.39, 0.29) is 18.0 Å². The lowest BCUT2D eigenvalue weighted by atomic mass is 10.0. The number of esters is 1. The predicted molar refractivity (Wildman–Crippen MR) is 130 cm³/mol. The summed E-state index contributed by atoms with van der Waals surface area (Å²) >= 11 is 0. The van der Waals surface area contributed by atoms with Crippen molar-refractivity contribution >= 4 is 23.6 Å². The summed E-state index contributed by atoms with van der Waals surface area (Å²) in [6.07, 6.45) is 4.27. The average Bonchev–Trinajstić information content (AvgIpc) is 3.42. The third-order valence-electron chi connectivity index (χ3n) is 5.64. The van der Waals surface area contributed by atoms with Crippen LogP contribution in [0.2, 0.25) is 0 Å². The zero-order chi connectivity index (χ0) is 24.6. The Kier molecular flexibility index (Phi) is 7.48. The number of anilines is 1. The van der Waals surface area contributed by atoms with E-state index in [0.717, 1.165) is 5.56 Å². The van der Waals surface area contributed by atoms with Gasteiger partial charge in [-0.3, -0.25) is 4.79 Å². The molecule has 4 rings (SSSR count). The molecular formula is C27H25N3O5. The Bertz CT molecular complexity index is 1270. The Balaban J connectivity index is 1.30. The molecule has 0 atom stereocenters. The van der Waals surface area contributed by atoms with Crippen LogP contribution in [-0.2, 0) is 4.74 Å². The number of nitrogens with one attached hydrogen (secondary N) is 2. The Morgan fingerprint density at radius 1 is 0.971 bits per heavy atom. The van der Waals surface area contributed by atoms with Gasteiger partial charge in [-0.25, -0.2) is 9.59 Å². The summed E-state index contributed by atoms with van der Waals surface area (Å²) in [6, 6.07) is 15.4. The standard InChI is InChI=1S/C27H25N3O5/c1-34-26(32)21-6-2-4-19(16-21)8-9-20-5-3-7-24(17-20)29-27(33)28-23-10-13-30(14-11-23)25(31)22-12-15-35-18-22/h2-7,12,15-18,23H,10-11,13-14H2,1H3,(H2,28,29,33). The van der Waals surface area contributed by atoms with E-state index in [1.807, 2.05) is 18.2 Å². The first-order valence-corrected chi connectivity index (χ1v) is 11.2. The van der Waals surface area contributed by atoms with Crippen LogP contribution in [0.25, 0.3) is 0 Å². The lowest BCUT2D eigenvalue weighted by Gasteiger charge is -2.32. The van der Waals surface area contributed by atoms with Gasteiger partial charge in [-0.2, -0.15) is 0 Å². The van der Waals surface area contributed by atoms with Crippen LogP contribution in [0.15, 0.2) is 71.5 Å². The predicted octanol–water partition coefficient (Wildman–Crippen LogP) is 3.89. The van der Waals surface area contributed by atoms with Gasteiger partial charge in [0.15, 0.2) is 0 Å². The number of methoxy groups -OCH3 is 1. The summed E-state index contributed by atoms with van der Waals surface area (Å²) in [4.78, 5) is 38.4. The number of carbonyl (C=O) groups is 3. The van der Waals surface area contributed by atoms with Crippen LogP contribution >= 0.6 is 0 Å². The van der Waals surface area contributed by atoms with E-state index in [0.29, 0.717) is 48.3 Å². The van der Waals surface area contributed by atoms with E-state index in [2.05, 4.69) is 22.5 Å². The van der Waals surface area contributed by atoms with Crippen LogP contribution < -0.4 is 10.6 Å². The van der Waals surface area contributed by atoms with Crippen LogP contribution in [0, 0.1) is 11.8 Å². The number of hydrogen-bond donors (Lipinski definition) is 2. The van der Waals surface area contributed by atoms with Crippen molar-refractivity contribution in [3.63, 3.8) is 0 Å². The molecule has 1 saturated heterocycles. The van der Waals surface area contributed by atoms with Crippen molar-refractivity contribution in [1.82, 2.24) is 10.2 Å². The molecular weight excluding hydrogens is 446 g/mol. The fourth-order valence-corrected chi connectivity index (χ4v) is 3.81. The Labute approximate surface area is 203 Å². The second-order valence-corrected chi connectivity index (χ2v) is 8.08. The van der Waals surface area contributed by atoms with Gasteiger partial charge in [0.25, 0.3) is 5.91 Å². The van der Waals surface area contributed by atoms with E-state index in [1.54, 1.807) is 41.3 Å². The van der Waals surface area contributed by atoms with E-state index >= 15 is 0 Å². The molecule has 3 aromatic rings. The number of piperidine rings is 1. The van der Waals surface area contributed by atoms with Gasteiger partial charge in [-0.1, -0.05) is 24.0 Å². The SMILES string of the molecule is COC(=O)c1cccc(C#Cc2cccc(NC(=O)NC3CCN(C(=O)c4ccoc4)CC3)c2)c1. The summed E-state index contributed by atoms with van der Waals surface area (Å²) in [6.45, 7) is 1.13. The molecule has 1 fully saturated rings. The molecule has 2 heterocycles. The molecule has 0 spiro atoms. The summed E-state index contributed by atoms with van der Waals surface area (Å²) in [7, 11) is 1.34. The Morgan fingerprint density at radius 3 is 2.37 bits per heavy atom. The number of rotatable bonds is 4. The molecule has 1 aliphatic heterocycles. The number of ether oxygens (including phenoxy) is 1. The largest absolute Gasteiger partial charge is 0.472 e. The number of furan rings is 1. The number of hydrogen-bond acceptors (Lipinski definition) is 5. The van der Waals surface area contributed by atoms with Crippen LogP contribution in [-0.4, -0.2) is 49.0 Å². The second kappa shape index (κ2) is 11.1. The Morgan fingerprint density at radius 2 is 1.69 bits per heavy atom.